The molecular formula is C19H18F3N5O2. The lowest BCUT2D eigenvalue weighted by Crippen LogP contribution is -2.37. The molecule has 7 nitrogen and oxygen atoms in total. The molecule has 0 unspecified atom stereocenters. The third kappa shape index (κ3) is 3.74. The summed E-state index contributed by atoms with van der Waals surface area (Å²) in [5.74, 6) is 0.739. The van der Waals surface area contributed by atoms with Crippen LogP contribution in [0.2, 0.25) is 0 Å². The molecule has 1 aliphatic heterocycles. The van der Waals surface area contributed by atoms with Crippen LogP contribution in [0.5, 0.6) is 0 Å². The number of piperidine rings is 1. The second kappa shape index (κ2) is 7.34. The number of rotatable bonds is 3. The number of methoxy groups -OCH3 is 1. The Morgan fingerprint density at radius 1 is 1.07 bits per heavy atom. The maximum Gasteiger partial charge on any atom is 0.416 e. The zero-order valence-corrected chi connectivity index (χ0v) is 15.6. The van der Waals surface area contributed by atoms with E-state index in [1.54, 1.807) is 6.07 Å². The van der Waals surface area contributed by atoms with Crippen molar-refractivity contribution in [3.05, 3.63) is 42.0 Å². The van der Waals surface area contributed by atoms with Crippen molar-refractivity contribution in [1.29, 1.82) is 0 Å². The van der Waals surface area contributed by atoms with Crippen molar-refractivity contribution in [2.45, 2.75) is 19.0 Å². The molecule has 3 aromatic rings. The fourth-order valence-corrected chi connectivity index (χ4v) is 3.45. The third-order valence-electron chi connectivity index (χ3n) is 5.07. The minimum atomic E-state index is -4.40. The first-order chi connectivity index (χ1) is 13.9. The van der Waals surface area contributed by atoms with E-state index < -0.39 is 11.7 Å². The molecule has 1 saturated heterocycles. The van der Waals surface area contributed by atoms with Crippen molar-refractivity contribution in [1.82, 2.24) is 19.8 Å². The van der Waals surface area contributed by atoms with Crippen molar-refractivity contribution < 1.29 is 22.7 Å². The van der Waals surface area contributed by atoms with Crippen LogP contribution in [-0.4, -0.2) is 46.0 Å². The van der Waals surface area contributed by atoms with E-state index in [0.29, 0.717) is 48.8 Å². The van der Waals surface area contributed by atoms with E-state index in [9.17, 15) is 18.0 Å². The molecule has 1 aliphatic rings. The number of benzene rings is 1. The van der Waals surface area contributed by atoms with Gasteiger partial charge in [-0.3, -0.25) is 4.79 Å². The number of ether oxygens (including phenoxy) is 1. The molecule has 1 fully saturated rings. The summed E-state index contributed by atoms with van der Waals surface area (Å²) in [7, 11) is 1.39. The average Bonchev–Trinajstić information content (AvgIpc) is 3.16. The van der Waals surface area contributed by atoms with Crippen LogP contribution < -0.4 is 4.90 Å². The highest BCUT2D eigenvalue weighted by Gasteiger charge is 2.30. The molecule has 29 heavy (non-hydrogen) atoms. The van der Waals surface area contributed by atoms with Gasteiger partial charge in [0.25, 0.3) is 0 Å². The molecule has 2 aromatic heterocycles. The lowest BCUT2D eigenvalue weighted by atomic mass is 9.97. The average molecular weight is 405 g/mol. The van der Waals surface area contributed by atoms with Crippen molar-refractivity contribution in [3.8, 4) is 11.4 Å². The maximum atomic E-state index is 12.8. The quantitative estimate of drug-likeness (QED) is 0.623. The van der Waals surface area contributed by atoms with Gasteiger partial charge in [-0.2, -0.15) is 17.7 Å². The molecule has 0 N–H and O–H groups in total. The van der Waals surface area contributed by atoms with Crippen LogP contribution in [0.3, 0.4) is 0 Å². The fraction of sp³-hybridized carbons (Fsp3) is 0.368. The summed E-state index contributed by atoms with van der Waals surface area (Å²) in [4.78, 5) is 13.7. The monoisotopic (exact) mass is 405 g/mol. The van der Waals surface area contributed by atoms with Gasteiger partial charge in [-0.1, -0.05) is 12.1 Å². The Morgan fingerprint density at radius 2 is 1.76 bits per heavy atom. The van der Waals surface area contributed by atoms with E-state index in [-0.39, 0.29) is 11.9 Å². The van der Waals surface area contributed by atoms with Gasteiger partial charge in [-0.25, -0.2) is 0 Å². The number of aromatic nitrogens is 4. The summed E-state index contributed by atoms with van der Waals surface area (Å²) < 4.78 is 44.7. The highest BCUT2D eigenvalue weighted by molar-refractivity contribution is 5.72. The van der Waals surface area contributed by atoms with Gasteiger partial charge in [0.05, 0.1) is 18.6 Å². The van der Waals surface area contributed by atoms with Gasteiger partial charge in [-0.15, -0.1) is 15.3 Å². The van der Waals surface area contributed by atoms with Crippen LogP contribution in [0.15, 0.2) is 36.4 Å². The smallest absolute Gasteiger partial charge is 0.416 e. The SMILES string of the molecule is COC(=O)C1CCN(c2ccc3nnc(-c4ccc(C(F)(F)F)cc4)n3n2)CC1. The van der Waals surface area contributed by atoms with Crippen LogP contribution in [0, 0.1) is 5.92 Å². The second-order valence-electron chi connectivity index (χ2n) is 6.84. The molecule has 1 aromatic carbocycles. The molecule has 0 aliphatic carbocycles. The first-order valence-electron chi connectivity index (χ1n) is 9.09. The first-order valence-corrected chi connectivity index (χ1v) is 9.09. The fourth-order valence-electron chi connectivity index (χ4n) is 3.45. The van der Waals surface area contributed by atoms with Gasteiger partial charge in [0.15, 0.2) is 11.5 Å². The maximum absolute atomic E-state index is 12.8. The number of carbonyl (C=O) groups excluding carboxylic acids is 1. The summed E-state index contributed by atoms with van der Waals surface area (Å²) in [6, 6.07) is 8.31. The number of halogens is 3. The number of alkyl halides is 3. The number of esters is 1. The molecule has 0 atom stereocenters. The lowest BCUT2D eigenvalue weighted by molar-refractivity contribution is -0.146. The number of hydrogen-bond donors (Lipinski definition) is 0. The predicted molar refractivity (Wildman–Crippen MR) is 98.2 cm³/mol. The minimum absolute atomic E-state index is 0.113. The Morgan fingerprint density at radius 3 is 2.38 bits per heavy atom. The van der Waals surface area contributed by atoms with Crippen LogP contribution in [0.1, 0.15) is 18.4 Å². The summed E-state index contributed by atoms with van der Waals surface area (Å²) in [5.41, 5.74) is 0.254. The third-order valence-corrected chi connectivity index (χ3v) is 5.07. The Balaban J connectivity index is 1.60. The van der Waals surface area contributed by atoms with Gasteiger partial charge >= 0.3 is 12.1 Å². The summed E-state index contributed by atoms with van der Waals surface area (Å²) in [5, 5.41) is 12.7. The van der Waals surface area contributed by atoms with E-state index in [1.807, 2.05) is 6.07 Å². The molecule has 4 rings (SSSR count). The van der Waals surface area contributed by atoms with Gasteiger partial charge in [-0.05, 0) is 37.1 Å². The van der Waals surface area contributed by atoms with Crippen molar-refractivity contribution in [2.24, 2.45) is 5.92 Å². The van der Waals surface area contributed by atoms with Crippen molar-refractivity contribution in [3.63, 3.8) is 0 Å². The number of anilines is 1. The molecule has 0 amide bonds. The Hall–Kier alpha value is -3.17. The van der Waals surface area contributed by atoms with Crippen molar-refractivity contribution in [2.75, 3.05) is 25.1 Å². The van der Waals surface area contributed by atoms with E-state index in [4.69, 9.17) is 4.74 Å². The largest absolute Gasteiger partial charge is 0.469 e. The zero-order chi connectivity index (χ0) is 20.6. The molecule has 10 heteroatoms. The minimum Gasteiger partial charge on any atom is -0.469 e. The summed E-state index contributed by atoms with van der Waals surface area (Å²) in [6.07, 6.45) is -3.06. The predicted octanol–water partition coefficient (Wildman–Crippen LogP) is 3.20. The van der Waals surface area contributed by atoms with Crippen LogP contribution in [0.25, 0.3) is 17.0 Å². The van der Waals surface area contributed by atoms with Gasteiger partial charge in [0.2, 0.25) is 0 Å². The van der Waals surface area contributed by atoms with Gasteiger partial charge < -0.3 is 9.64 Å². The van der Waals surface area contributed by atoms with Crippen LogP contribution >= 0.6 is 0 Å². The van der Waals surface area contributed by atoms with E-state index in [2.05, 4.69) is 20.2 Å². The second-order valence-corrected chi connectivity index (χ2v) is 6.84. The lowest BCUT2D eigenvalue weighted by Gasteiger charge is -2.31. The number of carbonyl (C=O) groups is 1. The zero-order valence-electron chi connectivity index (χ0n) is 15.6. The molecule has 3 heterocycles. The summed E-state index contributed by atoms with van der Waals surface area (Å²) in [6.45, 7) is 1.30. The van der Waals surface area contributed by atoms with Gasteiger partial charge in [0, 0.05) is 18.7 Å². The molecular weight excluding hydrogens is 387 g/mol. The van der Waals surface area contributed by atoms with Crippen LogP contribution in [0.4, 0.5) is 19.0 Å². The van der Waals surface area contributed by atoms with Crippen LogP contribution in [-0.2, 0) is 15.7 Å². The first kappa shape index (κ1) is 19.2. The number of nitrogens with zero attached hydrogens (tertiary/aromatic N) is 5. The highest BCUT2D eigenvalue weighted by atomic mass is 19.4. The summed E-state index contributed by atoms with van der Waals surface area (Å²) >= 11 is 0. The topological polar surface area (TPSA) is 72.6 Å². The van der Waals surface area contributed by atoms with E-state index in [1.165, 1.54) is 23.8 Å². The normalized spacial score (nSPS) is 15.7. The number of fused-ring (bicyclic) bond motifs is 1. The van der Waals surface area contributed by atoms with E-state index in [0.717, 1.165) is 12.1 Å². The van der Waals surface area contributed by atoms with Gasteiger partial charge in [0.1, 0.15) is 5.82 Å². The molecule has 0 bridgehead atoms. The standard InChI is InChI=1S/C19H18F3N5O2/c1-29-18(28)13-8-10-26(11-9-13)16-7-6-15-23-24-17(27(15)25-16)12-2-4-14(5-3-12)19(20,21)22/h2-7,13H,8-11H2,1H3. The molecule has 0 saturated carbocycles. The Kier molecular flexibility index (Phi) is 4.85. The van der Waals surface area contributed by atoms with Crippen molar-refractivity contribution >= 4 is 17.4 Å². The molecule has 0 spiro atoms. The molecule has 152 valence electrons. The highest BCUT2D eigenvalue weighted by Crippen LogP contribution is 2.31. The Bertz CT molecular complexity index is 1020. The number of hydrogen-bond acceptors (Lipinski definition) is 6. The molecule has 0 radical (unpaired) electrons. The van der Waals surface area contributed by atoms with E-state index >= 15 is 0 Å². The Labute approximate surface area is 164 Å².